The average molecular weight is 371 g/mol. The molecule has 140 valence electrons. The van der Waals surface area contributed by atoms with Gasteiger partial charge in [0.15, 0.2) is 5.82 Å². The SMILES string of the molecule is N#Cc1cccc(Nc2cnnc(N3CCN(Cc4ccccc4)CC3)n2)c1. The van der Waals surface area contributed by atoms with E-state index in [4.69, 9.17) is 5.26 Å². The van der Waals surface area contributed by atoms with Crippen molar-refractivity contribution in [3.63, 3.8) is 0 Å². The van der Waals surface area contributed by atoms with E-state index in [0.717, 1.165) is 38.4 Å². The zero-order chi connectivity index (χ0) is 19.2. The van der Waals surface area contributed by atoms with Crippen LogP contribution in [0.3, 0.4) is 0 Å². The monoisotopic (exact) mass is 371 g/mol. The van der Waals surface area contributed by atoms with Crippen LogP contribution in [0.2, 0.25) is 0 Å². The van der Waals surface area contributed by atoms with E-state index >= 15 is 0 Å². The minimum atomic E-state index is 0.599. The number of aromatic nitrogens is 3. The van der Waals surface area contributed by atoms with Gasteiger partial charge in [-0.3, -0.25) is 4.90 Å². The van der Waals surface area contributed by atoms with E-state index in [9.17, 15) is 0 Å². The van der Waals surface area contributed by atoms with Crippen LogP contribution in [0.15, 0.2) is 60.8 Å². The predicted octanol–water partition coefficient (Wildman–Crippen LogP) is 2.81. The van der Waals surface area contributed by atoms with Gasteiger partial charge in [0.05, 0.1) is 17.8 Å². The van der Waals surface area contributed by atoms with E-state index in [-0.39, 0.29) is 0 Å². The minimum Gasteiger partial charge on any atom is -0.339 e. The molecule has 2 aromatic carbocycles. The van der Waals surface area contributed by atoms with Crippen molar-refractivity contribution in [1.29, 1.82) is 5.26 Å². The third-order valence-electron chi connectivity index (χ3n) is 4.72. The Morgan fingerprint density at radius 2 is 1.82 bits per heavy atom. The van der Waals surface area contributed by atoms with Crippen molar-refractivity contribution >= 4 is 17.5 Å². The van der Waals surface area contributed by atoms with Crippen molar-refractivity contribution in [2.24, 2.45) is 0 Å². The summed E-state index contributed by atoms with van der Waals surface area (Å²) >= 11 is 0. The normalized spacial score (nSPS) is 14.5. The number of nitrogens with one attached hydrogen (secondary N) is 1. The summed E-state index contributed by atoms with van der Waals surface area (Å²) in [4.78, 5) is 9.19. The average Bonchev–Trinajstić information content (AvgIpc) is 2.75. The van der Waals surface area contributed by atoms with Crippen LogP contribution in [-0.4, -0.2) is 46.3 Å². The Bertz CT molecular complexity index is 960. The van der Waals surface area contributed by atoms with Gasteiger partial charge in [0.2, 0.25) is 5.95 Å². The topological polar surface area (TPSA) is 81.0 Å². The van der Waals surface area contributed by atoms with E-state index in [0.29, 0.717) is 17.3 Å². The van der Waals surface area contributed by atoms with Crippen LogP contribution in [0.1, 0.15) is 11.1 Å². The second-order valence-electron chi connectivity index (χ2n) is 6.71. The van der Waals surface area contributed by atoms with E-state index in [1.54, 1.807) is 18.3 Å². The fourth-order valence-electron chi connectivity index (χ4n) is 3.25. The third-order valence-corrected chi connectivity index (χ3v) is 4.72. The van der Waals surface area contributed by atoms with Gasteiger partial charge in [0.25, 0.3) is 0 Å². The number of nitriles is 1. The predicted molar refractivity (Wildman–Crippen MR) is 108 cm³/mol. The van der Waals surface area contributed by atoms with Gasteiger partial charge >= 0.3 is 0 Å². The smallest absolute Gasteiger partial charge is 0.247 e. The quantitative estimate of drug-likeness (QED) is 0.738. The highest BCUT2D eigenvalue weighted by atomic mass is 15.4. The maximum atomic E-state index is 9.03. The molecular formula is C21H21N7. The molecule has 0 atom stereocenters. The molecule has 0 saturated carbocycles. The molecule has 0 spiro atoms. The van der Waals surface area contributed by atoms with Gasteiger partial charge in [-0.1, -0.05) is 36.4 Å². The van der Waals surface area contributed by atoms with Crippen molar-refractivity contribution in [1.82, 2.24) is 20.1 Å². The van der Waals surface area contributed by atoms with Crippen LogP contribution < -0.4 is 10.2 Å². The zero-order valence-corrected chi connectivity index (χ0v) is 15.5. The highest BCUT2D eigenvalue weighted by Gasteiger charge is 2.19. The van der Waals surface area contributed by atoms with Gasteiger partial charge in [-0.15, -0.1) is 5.10 Å². The van der Waals surface area contributed by atoms with Crippen molar-refractivity contribution in [3.8, 4) is 6.07 Å². The van der Waals surface area contributed by atoms with Crippen molar-refractivity contribution in [2.45, 2.75) is 6.54 Å². The highest BCUT2D eigenvalue weighted by molar-refractivity contribution is 5.58. The zero-order valence-electron chi connectivity index (χ0n) is 15.5. The minimum absolute atomic E-state index is 0.599. The van der Waals surface area contributed by atoms with Crippen molar-refractivity contribution < 1.29 is 0 Å². The Morgan fingerprint density at radius 1 is 1.00 bits per heavy atom. The van der Waals surface area contributed by atoms with Gasteiger partial charge in [-0.25, -0.2) is 0 Å². The molecule has 1 fully saturated rings. The Kier molecular flexibility index (Phi) is 5.41. The third kappa shape index (κ3) is 4.42. The lowest BCUT2D eigenvalue weighted by molar-refractivity contribution is 0.248. The molecule has 4 rings (SSSR count). The Morgan fingerprint density at radius 3 is 2.61 bits per heavy atom. The number of hydrogen-bond acceptors (Lipinski definition) is 7. The highest BCUT2D eigenvalue weighted by Crippen LogP contribution is 2.18. The summed E-state index contributed by atoms with van der Waals surface area (Å²) in [7, 11) is 0. The van der Waals surface area contributed by atoms with Gasteiger partial charge in [-0.2, -0.15) is 15.3 Å². The standard InChI is InChI=1S/C21H21N7/c22-14-18-7-4-8-19(13-18)24-20-15-23-26-21(25-20)28-11-9-27(10-12-28)16-17-5-2-1-3-6-17/h1-8,13,15H,9-12,16H2,(H,24,25,26). The van der Waals surface area contributed by atoms with Gasteiger partial charge in [0, 0.05) is 38.4 Å². The van der Waals surface area contributed by atoms with Crippen LogP contribution in [-0.2, 0) is 6.54 Å². The first kappa shape index (κ1) is 17.9. The molecular weight excluding hydrogens is 350 g/mol. The first-order chi connectivity index (χ1) is 13.8. The Hall–Kier alpha value is -3.50. The van der Waals surface area contributed by atoms with E-state index in [2.05, 4.69) is 60.6 Å². The molecule has 7 heteroatoms. The molecule has 1 aromatic heterocycles. The molecule has 28 heavy (non-hydrogen) atoms. The van der Waals surface area contributed by atoms with Gasteiger partial charge in [-0.05, 0) is 23.8 Å². The summed E-state index contributed by atoms with van der Waals surface area (Å²) in [5, 5.41) is 20.5. The molecule has 0 radical (unpaired) electrons. The lowest BCUT2D eigenvalue weighted by Gasteiger charge is -2.34. The second-order valence-corrected chi connectivity index (χ2v) is 6.71. The van der Waals surface area contributed by atoms with Crippen LogP contribution in [0.5, 0.6) is 0 Å². The molecule has 0 unspecified atom stereocenters. The van der Waals surface area contributed by atoms with E-state index < -0.39 is 0 Å². The summed E-state index contributed by atoms with van der Waals surface area (Å²) in [6.45, 7) is 4.61. The molecule has 0 aliphatic carbocycles. The summed E-state index contributed by atoms with van der Waals surface area (Å²) < 4.78 is 0. The molecule has 1 aliphatic heterocycles. The van der Waals surface area contributed by atoms with E-state index in [1.165, 1.54) is 5.56 Å². The lowest BCUT2D eigenvalue weighted by Crippen LogP contribution is -2.46. The Balaban J connectivity index is 1.38. The van der Waals surface area contributed by atoms with Crippen LogP contribution in [0.25, 0.3) is 0 Å². The second kappa shape index (κ2) is 8.46. The Labute approximate surface area is 164 Å². The fourth-order valence-corrected chi connectivity index (χ4v) is 3.25. The summed E-state index contributed by atoms with van der Waals surface area (Å²) in [6, 6.07) is 19.9. The lowest BCUT2D eigenvalue weighted by atomic mass is 10.2. The van der Waals surface area contributed by atoms with E-state index in [1.807, 2.05) is 18.2 Å². The number of rotatable bonds is 5. The molecule has 0 bridgehead atoms. The molecule has 1 saturated heterocycles. The van der Waals surface area contributed by atoms with Crippen molar-refractivity contribution in [3.05, 3.63) is 71.9 Å². The van der Waals surface area contributed by atoms with Crippen molar-refractivity contribution in [2.75, 3.05) is 36.4 Å². The number of benzene rings is 2. The van der Waals surface area contributed by atoms with Gasteiger partial charge in [0.1, 0.15) is 0 Å². The van der Waals surface area contributed by atoms with Crippen LogP contribution in [0.4, 0.5) is 17.5 Å². The molecule has 7 nitrogen and oxygen atoms in total. The number of anilines is 3. The first-order valence-electron chi connectivity index (χ1n) is 9.28. The maximum Gasteiger partial charge on any atom is 0.247 e. The summed E-state index contributed by atoms with van der Waals surface area (Å²) in [6.07, 6.45) is 1.59. The van der Waals surface area contributed by atoms with Gasteiger partial charge < -0.3 is 10.2 Å². The maximum absolute atomic E-state index is 9.03. The molecule has 1 N–H and O–H groups in total. The molecule has 0 amide bonds. The number of nitrogens with zero attached hydrogens (tertiary/aromatic N) is 6. The fraction of sp³-hybridized carbons (Fsp3) is 0.238. The molecule has 2 heterocycles. The summed E-state index contributed by atoms with van der Waals surface area (Å²) in [5.74, 6) is 1.24. The molecule has 3 aromatic rings. The van der Waals surface area contributed by atoms with Crippen LogP contribution in [0, 0.1) is 11.3 Å². The first-order valence-corrected chi connectivity index (χ1v) is 9.28. The van der Waals surface area contributed by atoms with Crippen LogP contribution >= 0.6 is 0 Å². The largest absolute Gasteiger partial charge is 0.339 e. The number of hydrogen-bond donors (Lipinski definition) is 1. The number of piperazine rings is 1. The molecule has 1 aliphatic rings. The summed E-state index contributed by atoms with van der Waals surface area (Å²) in [5.41, 5.74) is 2.74.